The van der Waals surface area contributed by atoms with Gasteiger partial charge in [-0.1, -0.05) is 11.6 Å². The van der Waals surface area contributed by atoms with E-state index in [9.17, 15) is 9.50 Å². The second kappa shape index (κ2) is 6.36. The third kappa shape index (κ3) is 3.92. The van der Waals surface area contributed by atoms with Crippen molar-refractivity contribution in [3.05, 3.63) is 45.9 Å². The van der Waals surface area contributed by atoms with Gasteiger partial charge in [0.15, 0.2) is 0 Å². The van der Waals surface area contributed by atoms with Gasteiger partial charge in [-0.25, -0.2) is 4.39 Å². The lowest BCUT2D eigenvalue weighted by molar-refractivity contribution is 0.161. The zero-order valence-electron chi connectivity index (χ0n) is 9.85. The standard InChI is InChI=1S/C12H12BrClFN3O/c13-10-4-8(15)5-11(14)12(10)16-6-9(19)7-18-3-1-2-17-18/h1-5,9,16,19H,6-7H2. The smallest absolute Gasteiger partial charge is 0.125 e. The highest BCUT2D eigenvalue weighted by atomic mass is 79.9. The van der Waals surface area contributed by atoms with E-state index in [1.165, 1.54) is 12.1 Å². The molecule has 0 aliphatic rings. The maximum absolute atomic E-state index is 13.1. The van der Waals surface area contributed by atoms with E-state index in [0.29, 0.717) is 16.7 Å². The molecule has 0 saturated carbocycles. The van der Waals surface area contributed by atoms with Gasteiger partial charge in [-0.3, -0.25) is 4.68 Å². The Balaban J connectivity index is 1.95. The van der Waals surface area contributed by atoms with E-state index in [1.807, 2.05) is 0 Å². The van der Waals surface area contributed by atoms with Gasteiger partial charge in [0, 0.05) is 23.4 Å². The van der Waals surface area contributed by atoms with Gasteiger partial charge in [0.1, 0.15) is 5.82 Å². The summed E-state index contributed by atoms with van der Waals surface area (Å²) < 4.78 is 15.2. The van der Waals surface area contributed by atoms with Gasteiger partial charge in [-0.05, 0) is 34.1 Å². The van der Waals surface area contributed by atoms with Crippen LogP contribution in [0.1, 0.15) is 0 Å². The maximum Gasteiger partial charge on any atom is 0.125 e. The Morgan fingerprint density at radius 2 is 2.32 bits per heavy atom. The van der Waals surface area contributed by atoms with Gasteiger partial charge in [-0.2, -0.15) is 5.10 Å². The fourth-order valence-electron chi connectivity index (χ4n) is 1.62. The number of halogens is 3. The van der Waals surface area contributed by atoms with Crippen LogP contribution >= 0.6 is 27.5 Å². The Labute approximate surface area is 123 Å². The number of nitrogens with one attached hydrogen (secondary N) is 1. The second-order valence-corrected chi connectivity index (χ2v) is 5.27. The molecule has 0 bridgehead atoms. The van der Waals surface area contributed by atoms with Crippen molar-refractivity contribution in [2.45, 2.75) is 12.6 Å². The summed E-state index contributed by atoms with van der Waals surface area (Å²) in [5.41, 5.74) is 0.558. The van der Waals surface area contributed by atoms with E-state index in [-0.39, 0.29) is 11.6 Å². The molecule has 7 heteroatoms. The van der Waals surface area contributed by atoms with Gasteiger partial charge in [0.05, 0.1) is 23.4 Å². The normalized spacial score (nSPS) is 12.4. The number of benzene rings is 1. The summed E-state index contributed by atoms with van der Waals surface area (Å²) in [6.07, 6.45) is 2.78. The van der Waals surface area contributed by atoms with E-state index in [1.54, 1.807) is 23.1 Å². The van der Waals surface area contributed by atoms with Crippen LogP contribution in [0, 0.1) is 5.82 Å². The predicted octanol–water partition coefficient (Wildman–Crippen LogP) is 2.91. The molecule has 4 nitrogen and oxygen atoms in total. The molecule has 1 heterocycles. The van der Waals surface area contributed by atoms with E-state index < -0.39 is 11.9 Å². The number of aliphatic hydroxyl groups excluding tert-OH is 1. The second-order valence-electron chi connectivity index (χ2n) is 4.01. The van der Waals surface area contributed by atoms with Crippen molar-refractivity contribution in [1.82, 2.24) is 9.78 Å². The molecule has 0 aliphatic heterocycles. The minimum absolute atomic E-state index is 0.262. The van der Waals surface area contributed by atoms with E-state index in [2.05, 4.69) is 26.3 Å². The minimum Gasteiger partial charge on any atom is -0.389 e. The number of hydrogen-bond acceptors (Lipinski definition) is 3. The van der Waals surface area contributed by atoms with Crippen molar-refractivity contribution in [1.29, 1.82) is 0 Å². The van der Waals surface area contributed by atoms with Crippen LogP contribution in [0.4, 0.5) is 10.1 Å². The molecule has 102 valence electrons. The van der Waals surface area contributed by atoms with Crippen LogP contribution in [0.2, 0.25) is 5.02 Å². The Morgan fingerprint density at radius 3 is 2.95 bits per heavy atom. The van der Waals surface area contributed by atoms with Crippen molar-refractivity contribution >= 4 is 33.2 Å². The monoisotopic (exact) mass is 347 g/mol. The molecule has 1 aromatic carbocycles. The first kappa shape index (κ1) is 14.3. The van der Waals surface area contributed by atoms with Gasteiger partial charge in [0.25, 0.3) is 0 Å². The molecule has 1 aromatic heterocycles. The van der Waals surface area contributed by atoms with Crippen molar-refractivity contribution < 1.29 is 9.50 Å². The lowest BCUT2D eigenvalue weighted by Crippen LogP contribution is -2.25. The molecule has 0 fully saturated rings. The molecular weight excluding hydrogens is 337 g/mol. The average molecular weight is 349 g/mol. The van der Waals surface area contributed by atoms with Gasteiger partial charge < -0.3 is 10.4 Å². The number of anilines is 1. The van der Waals surface area contributed by atoms with E-state index >= 15 is 0 Å². The number of nitrogens with zero attached hydrogens (tertiary/aromatic N) is 2. The highest BCUT2D eigenvalue weighted by Gasteiger charge is 2.10. The summed E-state index contributed by atoms with van der Waals surface area (Å²) in [7, 11) is 0. The number of aromatic nitrogens is 2. The number of hydrogen-bond donors (Lipinski definition) is 2. The molecule has 2 rings (SSSR count). The molecule has 2 N–H and O–H groups in total. The van der Waals surface area contributed by atoms with E-state index in [0.717, 1.165) is 0 Å². The molecule has 0 amide bonds. The first-order valence-electron chi connectivity index (χ1n) is 5.60. The van der Waals surface area contributed by atoms with Crippen molar-refractivity contribution in [2.24, 2.45) is 0 Å². The first-order chi connectivity index (χ1) is 9.06. The molecule has 1 atom stereocenters. The van der Waals surface area contributed by atoms with Crippen molar-refractivity contribution in [2.75, 3.05) is 11.9 Å². The van der Waals surface area contributed by atoms with Crippen molar-refractivity contribution in [3.63, 3.8) is 0 Å². The van der Waals surface area contributed by atoms with Gasteiger partial charge in [-0.15, -0.1) is 0 Å². The first-order valence-corrected chi connectivity index (χ1v) is 6.77. The molecule has 0 saturated heterocycles. The topological polar surface area (TPSA) is 50.1 Å². The van der Waals surface area contributed by atoms with Crippen LogP contribution in [0.15, 0.2) is 35.1 Å². The summed E-state index contributed by atoms with van der Waals surface area (Å²) in [6, 6.07) is 4.32. The largest absolute Gasteiger partial charge is 0.389 e. The Bertz CT molecular complexity index is 527. The zero-order valence-corrected chi connectivity index (χ0v) is 12.2. The average Bonchev–Trinajstić information content (AvgIpc) is 2.80. The molecule has 0 radical (unpaired) electrons. The Hall–Kier alpha value is -1.11. The SMILES string of the molecule is OC(CNc1c(Cl)cc(F)cc1Br)Cn1cccn1. The zero-order chi connectivity index (χ0) is 13.8. The molecule has 0 aliphatic carbocycles. The third-order valence-electron chi connectivity index (χ3n) is 2.48. The van der Waals surface area contributed by atoms with Gasteiger partial charge in [0.2, 0.25) is 0 Å². The molecule has 0 spiro atoms. The Kier molecular flexibility index (Phi) is 4.79. The summed E-state index contributed by atoms with van der Waals surface area (Å²) in [6.45, 7) is 0.653. The fourth-order valence-corrected chi connectivity index (χ4v) is 2.58. The van der Waals surface area contributed by atoms with Crippen LogP contribution in [0.5, 0.6) is 0 Å². The maximum atomic E-state index is 13.1. The predicted molar refractivity (Wildman–Crippen MR) is 75.8 cm³/mol. The van der Waals surface area contributed by atoms with Crippen LogP contribution in [0.3, 0.4) is 0 Å². The third-order valence-corrected chi connectivity index (χ3v) is 3.40. The van der Waals surface area contributed by atoms with E-state index in [4.69, 9.17) is 11.6 Å². The lowest BCUT2D eigenvalue weighted by Gasteiger charge is -2.15. The minimum atomic E-state index is -0.632. The quantitative estimate of drug-likeness (QED) is 0.873. The number of rotatable bonds is 5. The Morgan fingerprint density at radius 1 is 1.53 bits per heavy atom. The highest BCUT2D eigenvalue weighted by molar-refractivity contribution is 9.10. The molecule has 1 unspecified atom stereocenters. The van der Waals surface area contributed by atoms with Gasteiger partial charge >= 0.3 is 0 Å². The molecule has 19 heavy (non-hydrogen) atoms. The lowest BCUT2D eigenvalue weighted by atomic mass is 10.3. The van der Waals surface area contributed by atoms with Crippen LogP contribution in [-0.4, -0.2) is 27.5 Å². The van der Waals surface area contributed by atoms with Crippen LogP contribution < -0.4 is 5.32 Å². The molecular formula is C12H12BrClFN3O. The summed E-state index contributed by atoms with van der Waals surface area (Å²) in [4.78, 5) is 0. The summed E-state index contributed by atoms with van der Waals surface area (Å²) >= 11 is 9.15. The van der Waals surface area contributed by atoms with Crippen molar-refractivity contribution in [3.8, 4) is 0 Å². The highest BCUT2D eigenvalue weighted by Crippen LogP contribution is 2.31. The number of aliphatic hydroxyl groups is 1. The summed E-state index contributed by atoms with van der Waals surface area (Å²) in [5.74, 6) is -0.417. The summed E-state index contributed by atoms with van der Waals surface area (Å²) in [5, 5.41) is 17.1. The molecule has 2 aromatic rings. The van der Waals surface area contributed by atoms with Crippen LogP contribution in [-0.2, 0) is 6.54 Å². The van der Waals surface area contributed by atoms with Crippen LogP contribution in [0.25, 0.3) is 0 Å². The fraction of sp³-hybridized carbons (Fsp3) is 0.250.